The number of rotatable bonds is 4. The third-order valence-corrected chi connectivity index (χ3v) is 2.00. The summed E-state index contributed by atoms with van der Waals surface area (Å²) in [7, 11) is 0. The number of carboxylic acid groups (broad SMARTS) is 1. The number of aliphatic carboxylic acids is 1. The summed E-state index contributed by atoms with van der Waals surface area (Å²) in [6.07, 6.45) is 0.752. The molecule has 0 spiro atoms. The van der Waals surface area contributed by atoms with Gasteiger partial charge in [0.25, 0.3) is 0 Å². The average molecular weight is 160 g/mol. The predicted molar refractivity (Wildman–Crippen MR) is 43.0 cm³/mol. The van der Waals surface area contributed by atoms with Crippen LogP contribution < -0.4 is 11.5 Å². The highest BCUT2D eigenvalue weighted by Crippen LogP contribution is 2.07. The Morgan fingerprint density at radius 3 is 2.27 bits per heavy atom. The first-order valence-electron chi connectivity index (χ1n) is 3.74. The van der Waals surface area contributed by atoms with Crippen molar-refractivity contribution in [1.29, 1.82) is 0 Å². The zero-order chi connectivity index (χ0) is 9.02. The molecular weight excluding hydrogens is 144 g/mol. The second-order valence-electron chi connectivity index (χ2n) is 2.80. The Bertz CT molecular complexity index is 138. The molecule has 0 heterocycles. The number of hydrogen-bond acceptors (Lipinski definition) is 3. The number of carboxylic acids is 1. The van der Waals surface area contributed by atoms with E-state index in [2.05, 4.69) is 0 Å². The van der Waals surface area contributed by atoms with Gasteiger partial charge in [-0.15, -0.1) is 0 Å². The first-order valence-corrected chi connectivity index (χ1v) is 3.74. The van der Waals surface area contributed by atoms with Gasteiger partial charge in [-0.3, -0.25) is 4.79 Å². The number of nitrogens with two attached hydrogens (primary N) is 2. The molecule has 11 heavy (non-hydrogen) atoms. The zero-order valence-electron chi connectivity index (χ0n) is 6.95. The highest BCUT2D eigenvalue weighted by Gasteiger charge is 2.23. The second kappa shape index (κ2) is 4.31. The van der Waals surface area contributed by atoms with Gasteiger partial charge in [-0.2, -0.15) is 0 Å². The summed E-state index contributed by atoms with van der Waals surface area (Å²) in [6, 6.07) is -0.967. The van der Waals surface area contributed by atoms with Gasteiger partial charge < -0.3 is 16.6 Å². The molecule has 0 radical (unpaired) electrons. The van der Waals surface area contributed by atoms with Crippen molar-refractivity contribution >= 4 is 5.97 Å². The molecular formula is C7H16N2O2. The normalized spacial score (nSPS) is 18.9. The van der Waals surface area contributed by atoms with Crippen LogP contribution in [-0.4, -0.2) is 23.2 Å². The summed E-state index contributed by atoms with van der Waals surface area (Å²) < 4.78 is 0. The number of carbonyl (C=O) groups is 1. The molecule has 0 amide bonds. The monoisotopic (exact) mass is 160 g/mol. The van der Waals surface area contributed by atoms with Crippen LogP contribution in [0.25, 0.3) is 0 Å². The van der Waals surface area contributed by atoms with Crippen LogP contribution in [0, 0.1) is 5.92 Å². The van der Waals surface area contributed by atoms with Crippen LogP contribution in [0.5, 0.6) is 0 Å². The average Bonchev–Trinajstić information content (AvgIpc) is 2.00. The molecule has 0 saturated carbocycles. The summed E-state index contributed by atoms with van der Waals surface area (Å²) in [5.74, 6) is -1.15. The van der Waals surface area contributed by atoms with E-state index in [1.807, 2.05) is 6.92 Å². The Morgan fingerprint density at radius 2 is 2.00 bits per heavy atom. The van der Waals surface area contributed by atoms with E-state index in [0.29, 0.717) is 0 Å². The summed E-state index contributed by atoms with van der Waals surface area (Å²) >= 11 is 0. The maximum Gasteiger partial charge on any atom is 0.320 e. The van der Waals surface area contributed by atoms with Gasteiger partial charge in [0.05, 0.1) is 0 Å². The van der Waals surface area contributed by atoms with Crippen LogP contribution in [-0.2, 0) is 4.79 Å². The zero-order valence-corrected chi connectivity index (χ0v) is 6.95. The van der Waals surface area contributed by atoms with E-state index in [-0.39, 0.29) is 12.0 Å². The Morgan fingerprint density at radius 1 is 1.55 bits per heavy atom. The molecule has 0 aromatic rings. The molecule has 0 aliphatic heterocycles. The molecule has 0 saturated heterocycles. The first kappa shape index (κ1) is 10.4. The van der Waals surface area contributed by atoms with E-state index in [4.69, 9.17) is 16.6 Å². The van der Waals surface area contributed by atoms with Crippen LogP contribution in [0.15, 0.2) is 0 Å². The van der Waals surface area contributed by atoms with Crippen LogP contribution in [0.3, 0.4) is 0 Å². The lowest BCUT2D eigenvalue weighted by molar-refractivity contribution is -0.139. The van der Waals surface area contributed by atoms with Gasteiger partial charge in [0.2, 0.25) is 0 Å². The first-order chi connectivity index (χ1) is 5.00. The predicted octanol–water partition coefficient (Wildman–Crippen LogP) is -0.228. The molecule has 5 N–H and O–H groups in total. The van der Waals surface area contributed by atoms with Gasteiger partial charge in [0, 0.05) is 6.04 Å². The molecule has 3 atom stereocenters. The lowest BCUT2D eigenvalue weighted by Gasteiger charge is -2.21. The van der Waals surface area contributed by atoms with Gasteiger partial charge >= 0.3 is 5.97 Å². The third kappa shape index (κ3) is 2.86. The lowest BCUT2D eigenvalue weighted by atomic mass is 9.93. The van der Waals surface area contributed by atoms with Crippen molar-refractivity contribution < 1.29 is 9.90 Å². The highest BCUT2D eigenvalue weighted by atomic mass is 16.4. The summed E-state index contributed by atoms with van der Waals surface area (Å²) in [6.45, 7) is 3.67. The highest BCUT2D eigenvalue weighted by molar-refractivity contribution is 5.73. The maximum atomic E-state index is 10.4. The van der Waals surface area contributed by atoms with Crippen molar-refractivity contribution in [1.82, 2.24) is 0 Å². The molecule has 66 valence electrons. The Hall–Kier alpha value is -0.610. The molecule has 4 nitrogen and oxygen atoms in total. The van der Waals surface area contributed by atoms with E-state index in [1.54, 1.807) is 6.92 Å². The smallest absolute Gasteiger partial charge is 0.320 e. The van der Waals surface area contributed by atoms with E-state index in [1.165, 1.54) is 0 Å². The molecule has 0 unspecified atom stereocenters. The van der Waals surface area contributed by atoms with E-state index in [9.17, 15) is 4.79 Å². The van der Waals surface area contributed by atoms with Gasteiger partial charge in [0.15, 0.2) is 0 Å². The van der Waals surface area contributed by atoms with Crippen molar-refractivity contribution in [3.8, 4) is 0 Å². The van der Waals surface area contributed by atoms with Crippen molar-refractivity contribution in [3.63, 3.8) is 0 Å². The van der Waals surface area contributed by atoms with Gasteiger partial charge in [-0.05, 0) is 12.3 Å². The molecule has 0 aromatic heterocycles. The fourth-order valence-electron chi connectivity index (χ4n) is 0.863. The molecule has 0 aliphatic rings. The topological polar surface area (TPSA) is 89.3 Å². The van der Waals surface area contributed by atoms with Crippen molar-refractivity contribution in [3.05, 3.63) is 0 Å². The lowest BCUT2D eigenvalue weighted by Crippen LogP contribution is -2.45. The molecule has 0 fully saturated rings. The van der Waals surface area contributed by atoms with Crippen molar-refractivity contribution in [2.45, 2.75) is 32.4 Å². The minimum atomic E-state index is -0.985. The third-order valence-electron chi connectivity index (χ3n) is 2.00. The minimum absolute atomic E-state index is 0.124. The Kier molecular flexibility index (Phi) is 4.07. The minimum Gasteiger partial charge on any atom is -0.480 e. The van der Waals surface area contributed by atoms with Gasteiger partial charge in [-0.25, -0.2) is 0 Å². The van der Waals surface area contributed by atoms with Gasteiger partial charge in [-0.1, -0.05) is 13.8 Å². The second-order valence-corrected chi connectivity index (χ2v) is 2.80. The Balaban J connectivity index is 4.00. The van der Waals surface area contributed by atoms with Crippen LogP contribution >= 0.6 is 0 Å². The SMILES string of the molecule is CC[C@H](N)[C@H](C)[C@H](N)C(=O)O. The fraction of sp³-hybridized carbons (Fsp3) is 0.857. The fourth-order valence-corrected chi connectivity index (χ4v) is 0.863. The van der Waals surface area contributed by atoms with E-state index >= 15 is 0 Å². The maximum absolute atomic E-state index is 10.4. The van der Waals surface area contributed by atoms with Crippen molar-refractivity contribution in [2.24, 2.45) is 17.4 Å². The standard InChI is InChI=1S/C7H16N2O2/c1-3-5(8)4(2)6(9)7(10)11/h4-6H,3,8-9H2,1-2H3,(H,10,11)/t4-,5-,6-/m0/s1. The molecule has 0 aliphatic carbocycles. The molecule has 0 rings (SSSR count). The number of hydrogen-bond donors (Lipinski definition) is 3. The van der Waals surface area contributed by atoms with Crippen LogP contribution in [0.4, 0.5) is 0 Å². The van der Waals surface area contributed by atoms with Crippen LogP contribution in [0.2, 0.25) is 0 Å². The van der Waals surface area contributed by atoms with Crippen LogP contribution in [0.1, 0.15) is 20.3 Å². The van der Waals surface area contributed by atoms with Crippen molar-refractivity contribution in [2.75, 3.05) is 0 Å². The summed E-state index contributed by atoms with van der Waals surface area (Å²) in [4.78, 5) is 10.4. The van der Waals surface area contributed by atoms with E-state index in [0.717, 1.165) is 6.42 Å². The molecule has 0 aromatic carbocycles. The quantitative estimate of drug-likeness (QED) is 0.530. The van der Waals surface area contributed by atoms with E-state index < -0.39 is 12.0 Å². The Labute approximate surface area is 66.6 Å². The summed E-state index contributed by atoms with van der Waals surface area (Å²) in [5, 5.41) is 8.52. The summed E-state index contributed by atoms with van der Waals surface area (Å²) in [5.41, 5.74) is 11.0. The molecule has 4 heteroatoms. The largest absolute Gasteiger partial charge is 0.480 e. The van der Waals surface area contributed by atoms with Gasteiger partial charge in [0.1, 0.15) is 6.04 Å². The molecule has 0 bridgehead atoms.